The number of aryl methyl sites for hydroxylation is 1. The molecule has 0 bridgehead atoms. The van der Waals surface area contributed by atoms with E-state index in [0.717, 1.165) is 36.8 Å². The van der Waals surface area contributed by atoms with Crippen molar-refractivity contribution in [3.05, 3.63) is 44.2 Å². The smallest absolute Gasteiger partial charge is 0.235 e. The Bertz CT molecular complexity index is 1200. The largest absolute Gasteiger partial charge is 0.316 e. The van der Waals surface area contributed by atoms with Crippen LogP contribution in [0.4, 0.5) is 5.00 Å². The summed E-state index contributed by atoms with van der Waals surface area (Å²) in [6.07, 6.45) is 6.53. The number of benzene rings is 1. The van der Waals surface area contributed by atoms with Crippen LogP contribution < -0.4 is 5.32 Å². The molecule has 0 unspecified atom stereocenters. The van der Waals surface area contributed by atoms with Crippen molar-refractivity contribution in [1.82, 2.24) is 14.8 Å². The minimum atomic E-state index is -0.171. The average molecular weight is 506 g/mol. The van der Waals surface area contributed by atoms with Gasteiger partial charge in [0.1, 0.15) is 11.1 Å². The van der Waals surface area contributed by atoms with E-state index in [-0.39, 0.29) is 11.7 Å². The summed E-state index contributed by atoms with van der Waals surface area (Å²) in [5.74, 6) is 0.586. The average Bonchev–Trinajstić information content (AvgIpc) is 3.26. The highest BCUT2D eigenvalue weighted by Gasteiger charge is 2.21. The van der Waals surface area contributed by atoms with E-state index in [0.29, 0.717) is 31.6 Å². The van der Waals surface area contributed by atoms with Crippen molar-refractivity contribution < 1.29 is 4.79 Å². The van der Waals surface area contributed by atoms with Crippen LogP contribution in [0.2, 0.25) is 10.0 Å². The first-order chi connectivity index (χ1) is 15.5. The summed E-state index contributed by atoms with van der Waals surface area (Å²) in [6.45, 7) is 0. The highest BCUT2D eigenvalue weighted by atomic mass is 35.5. The van der Waals surface area contributed by atoms with E-state index in [9.17, 15) is 10.1 Å². The Morgan fingerprint density at radius 2 is 2.03 bits per heavy atom. The van der Waals surface area contributed by atoms with Crippen molar-refractivity contribution in [2.45, 2.75) is 43.7 Å². The summed E-state index contributed by atoms with van der Waals surface area (Å²) in [7, 11) is 1.83. The van der Waals surface area contributed by atoms with Crippen molar-refractivity contribution >= 4 is 57.2 Å². The van der Waals surface area contributed by atoms with Gasteiger partial charge >= 0.3 is 0 Å². The number of carbonyl (C=O) groups excluding carboxylic acids is 1. The molecule has 3 aromatic rings. The van der Waals surface area contributed by atoms with E-state index in [4.69, 9.17) is 23.2 Å². The summed E-state index contributed by atoms with van der Waals surface area (Å²) in [4.78, 5) is 13.9. The number of rotatable bonds is 5. The maximum Gasteiger partial charge on any atom is 0.235 e. The summed E-state index contributed by atoms with van der Waals surface area (Å²) in [6, 6.07) is 7.51. The maximum atomic E-state index is 12.7. The molecule has 0 fully saturated rings. The molecule has 1 amide bonds. The molecule has 166 valence electrons. The molecular weight excluding hydrogens is 485 g/mol. The number of nitrogens with one attached hydrogen (secondary N) is 1. The molecule has 1 aliphatic rings. The van der Waals surface area contributed by atoms with Crippen molar-refractivity contribution in [2.24, 2.45) is 7.05 Å². The number of fused-ring (bicyclic) bond motifs is 1. The molecule has 6 nitrogen and oxygen atoms in total. The third-order valence-electron chi connectivity index (χ3n) is 5.38. The first-order valence-electron chi connectivity index (χ1n) is 10.3. The summed E-state index contributed by atoms with van der Waals surface area (Å²) < 4.78 is 1.80. The lowest BCUT2D eigenvalue weighted by atomic mass is 9.97. The van der Waals surface area contributed by atoms with E-state index in [1.165, 1.54) is 29.5 Å². The second-order valence-corrected chi connectivity index (χ2v) is 10.5. The minimum absolute atomic E-state index is 0.160. The molecule has 0 aliphatic heterocycles. The van der Waals surface area contributed by atoms with Gasteiger partial charge in [-0.1, -0.05) is 47.8 Å². The number of hydrogen-bond acceptors (Lipinski definition) is 6. The van der Waals surface area contributed by atoms with Crippen LogP contribution in [0.1, 0.15) is 41.7 Å². The van der Waals surface area contributed by atoms with Crippen LogP contribution in [0.3, 0.4) is 0 Å². The van der Waals surface area contributed by atoms with Gasteiger partial charge in [0.15, 0.2) is 11.0 Å². The number of aromatic nitrogens is 3. The van der Waals surface area contributed by atoms with Gasteiger partial charge in [-0.25, -0.2) is 0 Å². The Labute approximate surface area is 204 Å². The molecule has 4 rings (SSSR count). The maximum absolute atomic E-state index is 12.7. The Hall–Kier alpha value is -2.05. The van der Waals surface area contributed by atoms with E-state index in [1.807, 2.05) is 7.05 Å². The number of anilines is 1. The SMILES string of the molecule is Cn1c(SCC(=O)Nc2sc3c(c2C#N)CCCCCC3)nnc1-c1ccc(Cl)cc1Cl. The highest BCUT2D eigenvalue weighted by molar-refractivity contribution is 7.99. The first kappa shape index (κ1) is 23.1. The van der Waals surface area contributed by atoms with Crippen LogP contribution in [0, 0.1) is 11.3 Å². The van der Waals surface area contributed by atoms with Gasteiger partial charge < -0.3 is 9.88 Å². The fourth-order valence-corrected chi connectivity index (χ4v) is 6.22. The number of amides is 1. The third kappa shape index (κ3) is 4.96. The zero-order valence-corrected chi connectivity index (χ0v) is 20.6. The van der Waals surface area contributed by atoms with Crippen molar-refractivity contribution in [3.63, 3.8) is 0 Å². The monoisotopic (exact) mass is 505 g/mol. The lowest BCUT2D eigenvalue weighted by molar-refractivity contribution is -0.113. The number of nitriles is 1. The molecular formula is C22H21Cl2N5OS2. The van der Waals surface area contributed by atoms with Crippen molar-refractivity contribution in [2.75, 3.05) is 11.1 Å². The van der Waals surface area contributed by atoms with Gasteiger partial charge in [0.25, 0.3) is 0 Å². The van der Waals surface area contributed by atoms with Gasteiger partial charge in [-0.15, -0.1) is 21.5 Å². The van der Waals surface area contributed by atoms with Gasteiger partial charge in [-0.2, -0.15) is 5.26 Å². The quantitative estimate of drug-likeness (QED) is 0.422. The van der Waals surface area contributed by atoms with Gasteiger partial charge in [0, 0.05) is 22.5 Å². The zero-order valence-electron chi connectivity index (χ0n) is 17.5. The molecule has 0 radical (unpaired) electrons. The molecule has 2 heterocycles. The zero-order chi connectivity index (χ0) is 22.7. The number of halogens is 2. The Balaban J connectivity index is 1.45. The Kier molecular flexibility index (Phi) is 7.41. The predicted molar refractivity (Wildman–Crippen MR) is 131 cm³/mol. The number of carbonyl (C=O) groups is 1. The number of hydrogen-bond donors (Lipinski definition) is 1. The van der Waals surface area contributed by atoms with Crippen LogP contribution in [-0.4, -0.2) is 26.4 Å². The molecule has 2 aromatic heterocycles. The Morgan fingerprint density at radius 1 is 1.25 bits per heavy atom. The molecule has 0 spiro atoms. The second-order valence-electron chi connectivity index (χ2n) is 7.56. The molecule has 0 saturated heterocycles. The van der Waals surface area contributed by atoms with Crippen LogP contribution in [0.5, 0.6) is 0 Å². The Morgan fingerprint density at radius 3 is 2.78 bits per heavy atom. The van der Waals surface area contributed by atoms with Crippen molar-refractivity contribution in [1.29, 1.82) is 5.26 Å². The fraction of sp³-hybridized carbons (Fsp3) is 0.364. The standard InChI is InChI=1S/C22H21Cl2N5OS2/c1-29-20(15-9-8-13(23)10-17(15)24)27-28-22(29)31-12-19(30)26-21-16(11-25)14-6-4-2-3-5-7-18(14)32-21/h8-10H,2-7,12H2,1H3,(H,26,30). The number of nitrogens with zero attached hydrogens (tertiary/aromatic N) is 4. The topological polar surface area (TPSA) is 83.6 Å². The van der Waals surface area contributed by atoms with Gasteiger partial charge in [-0.3, -0.25) is 4.79 Å². The van der Waals surface area contributed by atoms with Gasteiger partial charge in [0.2, 0.25) is 5.91 Å². The van der Waals surface area contributed by atoms with E-state index in [1.54, 1.807) is 34.1 Å². The lowest BCUT2D eigenvalue weighted by Crippen LogP contribution is -2.14. The lowest BCUT2D eigenvalue weighted by Gasteiger charge is -2.08. The van der Waals surface area contributed by atoms with Crippen LogP contribution >= 0.6 is 46.3 Å². The van der Waals surface area contributed by atoms with Crippen LogP contribution in [-0.2, 0) is 24.7 Å². The van der Waals surface area contributed by atoms with Crippen LogP contribution in [0.25, 0.3) is 11.4 Å². The van der Waals surface area contributed by atoms with E-state index >= 15 is 0 Å². The molecule has 1 N–H and O–H groups in total. The van der Waals surface area contributed by atoms with Crippen LogP contribution in [0.15, 0.2) is 23.4 Å². The van der Waals surface area contributed by atoms with E-state index in [2.05, 4.69) is 21.6 Å². The fourth-order valence-electron chi connectivity index (χ4n) is 3.76. The van der Waals surface area contributed by atoms with Gasteiger partial charge in [-0.05, 0) is 49.4 Å². The molecule has 1 aromatic carbocycles. The molecule has 32 heavy (non-hydrogen) atoms. The molecule has 1 aliphatic carbocycles. The van der Waals surface area contributed by atoms with Crippen molar-refractivity contribution in [3.8, 4) is 17.5 Å². The number of thioether (sulfide) groups is 1. The minimum Gasteiger partial charge on any atom is -0.316 e. The normalized spacial score (nSPS) is 13.7. The summed E-state index contributed by atoms with van der Waals surface area (Å²) >= 11 is 15.1. The molecule has 0 saturated carbocycles. The predicted octanol–water partition coefficient (Wildman–Crippen LogP) is 6.11. The molecule has 10 heteroatoms. The first-order valence-corrected chi connectivity index (χ1v) is 12.9. The van der Waals surface area contributed by atoms with E-state index < -0.39 is 0 Å². The summed E-state index contributed by atoms with van der Waals surface area (Å²) in [5.41, 5.74) is 2.47. The second kappa shape index (κ2) is 10.3. The van der Waals surface area contributed by atoms with Gasteiger partial charge in [0.05, 0.1) is 16.3 Å². The number of thiophene rings is 1. The summed E-state index contributed by atoms with van der Waals surface area (Å²) in [5, 5.41) is 23.3. The third-order valence-corrected chi connectivity index (χ3v) is 8.15. The highest BCUT2D eigenvalue weighted by Crippen LogP contribution is 2.37. The molecule has 0 atom stereocenters.